The molecule has 0 heterocycles. The highest BCUT2D eigenvalue weighted by molar-refractivity contribution is 7.45. The van der Waals surface area contributed by atoms with Crippen molar-refractivity contribution in [2.45, 2.75) is 405 Å². The van der Waals surface area contributed by atoms with Crippen LogP contribution < -0.4 is 10.2 Å². The van der Waals surface area contributed by atoms with Crippen LogP contribution >= 0.6 is 7.82 Å². The van der Waals surface area contributed by atoms with Crippen LogP contribution in [-0.4, -0.2) is 68.5 Å². The first-order valence-corrected chi connectivity index (χ1v) is 38.0. The highest BCUT2D eigenvalue weighted by Crippen LogP contribution is 2.38. The molecule has 0 aliphatic carbocycles. The summed E-state index contributed by atoms with van der Waals surface area (Å²) in [6.07, 6.45) is 82.1. The second-order valence-electron chi connectivity index (χ2n) is 26.7. The van der Waals surface area contributed by atoms with Crippen molar-refractivity contribution in [3.63, 3.8) is 0 Å². The van der Waals surface area contributed by atoms with Crippen molar-refractivity contribution in [1.82, 2.24) is 5.32 Å². The van der Waals surface area contributed by atoms with E-state index >= 15 is 0 Å². The highest BCUT2D eigenvalue weighted by Gasteiger charge is 2.23. The predicted octanol–water partition coefficient (Wildman–Crippen LogP) is 22.7. The Balaban J connectivity index is 3.98. The fraction of sp³-hybridized carbons (Fsp3) is 0.958. The molecular formula is C72H145N2O6P. The van der Waals surface area contributed by atoms with E-state index in [-0.39, 0.29) is 19.1 Å². The van der Waals surface area contributed by atoms with Crippen LogP contribution in [0.2, 0.25) is 0 Å². The van der Waals surface area contributed by atoms with Crippen LogP contribution in [0.25, 0.3) is 0 Å². The Bertz CT molecular complexity index is 1320. The molecule has 0 bridgehead atoms. The molecule has 0 saturated heterocycles. The molecule has 0 spiro atoms. The average Bonchev–Trinajstić information content (AvgIpc) is 3.43. The number of carbonyl (C=O) groups excluding carboxylic acids is 1. The maximum Gasteiger partial charge on any atom is 0.268 e. The molecule has 3 atom stereocenters. The number of aliphatic hydroxyl groups is 1. The third kappa shape index (κ3) is 66.6. The number of phosphoric ester groups is 1. The Kier molecular flexibility index (Phi) is 63.1. The number of quaternary nitrogens is 1. The van der Waals surface area contributed by atoms with Crippen molar-refractivity contribution >= 4 is 13.7 Å². The van der Waals surface area contributed by atoms with E-state index in [4.69, 9.17) is 9.05 Å². The van der Waals surface area contributed by atoms with Gasteiger partial charge in [-0.25, -0.2) is 0 Å². The maximum atomic E-state index is 13.0. The van der Waals surface area contributed by atoms with Crippen molar-refractivity contribution in [2.75, 3.05) is 40.9 Å². The molecule has 0 rings (SSSR count). The molecule has 1 amide bonds. The summed E-state index contributed by atoms with van der Waals surface area (Å²) >= 11 is 0. The SMILES string of the molecule is CCCCCCCCCCCCCCCCCCCCCCCCCC/C=C/C(O)C(COP(=O)([O-])OCC[N+](C)(C)C)NC(=O)CCCCCCCCCCCCCCCCCCCCCCCCCCCCCCCCCCC. The van der Waals surface area contributed by atoms with Crippen LogP contribution in [0.4, 0.5) is 0 Å². The average molecular weight is 1170 g/mol. The Labute approximate surface area is 507 Å². The van der Waals surface area contributed by atoms with Crippen LogP contribution in [0.5, 0.6) is 0 Å². The molecule has 3 unspecified atom stereocenters. The van der Waals surface area contributed by atoms with Crippen molar-refractivity contribution < 1.29 is 32.9 Å². The lowest BCUT2D eigenvalue weighted by molar-refractivity contribution is -0.870. The van der Waals surface area contributed by atoms with Gasteiger partial charge in [-0.1, -0.05) is 379 Å². The molecule has 81 heavy (non-hydrogen) atoms. The lowest BCUT2D eigenvalue weighted by Gasteiger charge is -2.29. The van der Waals surface area contributed by atoms with Crippen LogP contribution in [0.1, 0.15) is 393 Å². The number of nitrogens with zero attached hydrogens (tertiary/aromatic N) is 1. The number of amides is 1. The minimum atomic E-state index is -4.60. The van der Waals surface area contributed by atoms with E-state index in [2.05, 4.69) is 19.2 Å². The zero-order valence-corrected chi connectivity index (χ0v) is 56.4. The van der Waals surface area contributed by atoms with E-state index in [1.165, 1.54) is 334 Å². The van der Waals surface area contributed by atoms with Crippen LogP contribution in [0.15, 0.2) is 12.2 Å². The fourth-order valence-corrected chi connectivity index (χ4v) is 12.3. The van der Waals surface area contributed by atoms with Gasteiger partial charge in [0.05, 0.1) is 39.9 Å². The van der Waals surface area contributed by atoms with Crippen molar-refractivity contribution in [3.8, 4) is 0 Å². The number of rotatable bonds is 69. The monoisotopic (exact) mass is 1170 g/mol. The summed E-state index contributed by atoms with van der Waals surface area (Å²) in [4.78, 5) is 25.6. The molecule has 484 valence electrons. The summed E-state index contributed by atoms with van der Waals surface area (Å²) in [5.41, 5.74) is 0. The summed E-state index contributed by atoms with van der Waals surface area (Å²) in [6, 6.07) is -0.884. The van der Waals surface area contributed by atoms with E-state index in [9.17, 15) is 19.4 Å². The first-order valence-electron chi connectivity index (χ1n) is 36.6. The fourth-order valence-electron chi connectivity index (χ4n) is 11.6. The van der Waals surface area contributed by atoms with Crippen LogP contribution in [0.3, 0.4) is 0 Å². The summed E-state index contributed by atoms with van der Waals surface area (Å²) in [5.74, 6) is -0.187. The second kappa shape index (κ2) is 63.7. The van der Waals surface area contributed by atoms with Gasteiger partial charge < -0.3 is 28.8 Å². The minimum absolute atomic E-state index is 0.00305. The molecule has 8 nitrogen and oxygen atoms in total. The minimum Gasteiger partial charge on any atom is -0.756 e. The summed E-state index contributed by atoms with van der Waals surface area (Å²) in [6.45, 7) is 4.73. The molecule has 9 heteroatoms. The van der Waals surface area contributed by atoms with Gasteiger partial charge in [-0.05, 0) is 19.3 Å². The largest absolute Gasteiger partial charge is 0.756 e. The van der Waals surface area contributed by atoms with E-state index in [1.54, 1.807) is 6.08 Å². The van der Waals surface area contributed by atoms with Gasteiger partial charge in [-0.3, -0.25) is 9.36 Å². The van der Waals surface area contributed by atoms with Crippen molar-refractivity contribution in [2.24, 2.45) is 0 Å². The Morgan fingerprint density at radius 3 is 0.926 bits per heavy atom. The molecule has 0 radical (unpaired) electrons. The van der Waals surface area contributed by atoms with E-state index in [0.29, 0.717) is 17.4 Å². The van der Waals surface area contributed by atoms with Gasteiger partial charge in [0, 0.05) is 6.42 Å². The number of carbonyl (C=O) groups is 1. The van der Waals surface area contributed by atoms with Gasteiger partial charge in [0.15, 0.2) is 0 Å². The van der Waals surface area contributed by atoms with Gasteiger partial charge in [0.25, 0.3) is 7.82 Å². The Morgan fingerprint density at radius 2 is 0.667 bits per heavy atom. The number of nitrogens with one attached hydrogen (secondary N) is 1. The zero-order valence-electron chi connectivity index (χ0n) is 55.5. The lowest BCUT2D eigenvalue weighted by Crippen LogP contribution is -2.45. The molecular weight excluding hydrogens is 1020 g/mol. The smallest absolute Gasteiger partial charge is 0.268 e. The normalized spacial score (nSPS) is 13.6. The molecule has 0 fully saturated rings. The maximum absolute atomic E-state index is 13.0. The number of aliphatic hydroxyl groups excluding tert-OH is 1. The number of hydrogen-bond acceptors (Lipinski definition) is 6. The van der Waals surface area contributed by atoms with Gasteiger partial charge >= 0.3 is 0 Å². The summed E-state index contributed by atoms with van der Waals surface area (Å²) in [7, 11) is 1.29. The third-order valence-electron chi connectivity index (χ3n) is 17.2. The highest BCUT2D eigenvalue weighted by atomic mass is 31.2. The lowest BCUT2D eigenvalue weighted by atomic mass is 10.0. The van der Waals surface area contributed by atoms with E-state index < -0.39 is 20.0 Å². The van der Waals surface area contributed by atoms with Crippen LogP contribution in [0, 0.1) is 0 Å². The van der Waals surface area contributed by atoms with Gasteiger partial charge in [0.2, 0.25) is 5.91 Å². The summed E-state index contributed by atoms with van der Waals surface area (Å²) < 4.78 is 23.5. The topological polar surface area (TPSA) is 108 Å². The number of likely N-dealkylation sites (N-methyl/N-ethyl adjacent to an activating group) is 1. The van der Waals surface area contributed by atoms with Gasteiger partial charge in [-0.2, -0.15) is 0 Å². The van der Waals surface area contributed by atoms with Gasteiger partial charge in [0.1, 0.15) is 13.2 Å². The molecule has 0 aliphatic rings. The first kappa shape index (κ1) is 80.2. The van der Waals surface area contributed by atoms with Gasteiger partial charge in [-0.15, -0.1) is 0 Å². The van der Waals surface area contributed by atoms with Crippen molar-refractivity contribution in [3.05, 3.63) is 12.2 Å². The number of phosphoric acid groups is 1. The first-order chi connectivity index (χ1) is 39.5. The standard InChI is InChI=1S/C72H145N2O6P/c1-6-8-10-12-14-16-18-20-22-24-26-28-30-32-34-35-36-37-38-39-40-42-44-46-48-50-52-54-56-58-60-62-64-66-72(76)73-70(69-80-81(77,78)79-68-67-74(3,4)5)71(75)65-63-61-59-57-55-53-51-49-47-45-43-41-33-31-29-27-25-23-21-19-17-15-13-11-9-7-2/h63,65,70-71,75H,6-62,64,66-69H2,1-5H3,(H-,73,76,77,78)/b65-63+. The molecule has 0 aromatic heterocycles. The molecule has 0 aromatic rings. The quantitative estimate of drug-likeness (QED) is 0.0272. The molecule has 0 aliphatic heterocycles. The van der Waals surface area contributed by atoms with E-state index in [1.807, 2.05) is 27.2 Å². The van der Waals surface area contributed by atoms with Crippen molar-refractivity contribution in [1.29, 1.82) is 0 Å². The molecule has 0 saturated carbocycles. The summed E-state index contributed by atoms with van der Waals surface area (Å²) in [5, 5.41) is 14.0. The zero-order chi connectivity index (χ0) is 59.1. The molecule has 2 N–H and O–H groups in total. The number of hydrogen-bond donors (Lipinski definition) is 2. The Hall–Kier alpha value is -0.760. The molecule has 0 aromatic carbocycles. The number of allylic oxidation sites excluding steroid dienone is 1. The second-order valence-corrected chi connectivity index (χ2v) is 28.1. The Morgan fingerprint density at radius 1 is 0.420 bits per heavy atom. The van der Waals surface area contributed by atoms with Crippen LogP contribution in [-0.2, 0) is 18.4 Å². The number of unbranched alkanes of at least 4 members (excludes halogenated alkanes) is 56. The predicted molar refractivity (Wildman–Crippen MR) is 353 cm³/mol. The third-order valence-corrected chi connectivity index (χ3v) is 18.2. The van der Waals surface area contributed by atoms with E-state index in [0.717, 1.165) is 38.5 Å².